The largest absolute Gasteiger partial charge is 0.463 e. The Hall–Kier alpha value is -0.990. The van der Waals surface area contributed by atoms with Crippen molar-refractivity contribution in [2.24, 2.45) is 0 Å². The summed E-state index contributed by atoms with van der Waals surface area (Å²) in [5.41, 5.74) is 0. The van der Waals surface area contributed by atoms with Crippen LogP contribution in [0, 0.1) is 0 Å². The highest BCUT2D eigenvalue weighted by Gasteiger charge is 2.07. The Morgan fingerprint density at radius 1 is 0.710 bits per heavy atom. The molecule has 186 valence electrons. The predicted octanol–water partition coefficient (Wildman–Crippen LogP) is 3.25. The fourth-order valence-corrected chi connectivity index (χ4v) is 2.71. The lowest BCUT2D eigenvalue weighted by molar-refractivity contribution is -0.147. The summed E-state index contributed by atoms with van der Waals surface area (Å²) >= 11 is 0. The molecule has 0 heterocycles. The van der Waals surface area contributed by atoms with Gasteiger partial charge in [-0.15, -0.1) is 0 Å². The minimum atomic E-state index is -0.960. The number of ether oxygens (including phenoxy) is 1. The molecule has 5 N–H and O–H groups in total. The minimum absolute atomic E-state index is 0.111. The summed E-state index contributed by atoms with van der Waals surface area (Å²) in [7, 11) is 0. The van der Waals surface area contributed by atoms with Gasteiger partial charge in [0.05, 0.1) is 19.8 Å². The Bertz CT molecular complexity index is 384. The molecule has 0 aliphatic carbocycles. The molecule has 0 amide bonds. The number of carbonyl (C=O) groups excluding carboxylic acids is 1. The van der Waals surface area contributed by atoms with Gasteiger partial charge in [-0.3, -0.25) is 4.79 Å². The number of carbonyl (C=O) groups is 1. The van der Waals surface area contributed by atoms with E-state index in [-0.39, 0.29) is 32.4 Å². The Kier molecular flexibility index (Phi) is 28.1. The van der Waals surface area contributed by atoms with E-state index in [1.807, 2.05) is 0 Å². The van der Waals surface area contributed by atoms with Gasteiger partial charge in [-0.1, -0.05) is 70.4 Å². The van der Waals surface area contributed by atoms with Crippen LogP contribution in [0.4, 0.5) is 0 Å². The fourth-order valence-electron chi connectivity index (χ4n) is 2.71. The van der Waals surface area contributed by atoms with Crippen molar-refractivity contribution in [2.45, 2.75) is 109 Å². The van der Waals surface area contributed by atoms with E-state index in [9.17, 15) is 4.79 Å². The van der Waals surface area contributed by atoms with Crippen molar-refractivity contribution >= 4 is 5.97 Å². The molecular formula is C24H48O7. The van der Waals surface area contributed by atoms with Crippen molar-refractivity contribution in [2.75, 3.05) is 26.4 Å². The topological polar surface area (TPSA) is 127 Å². The minimum Gasteiger partial charge on any atom is -0.463 e. The maximum atomic E-state index is 11.4. The Morgan fingerprint density at radius 2 is 1.16 bits per heavy atom. The third-order valence-corrected chi connectivity index (χ3v) is 4.71. The van der Waals surface area contributed by atoms with Crippen LogP contribution in [0.1, 0.15) is 96.8 Å². The van der Waals surface area contributed by atoms with Crippen molar-refractivity contribution in [1.29, 1.82) is 0 Å². The molecule has 0 aromatic rings. The summed E-state index contributed by atoms with van der Waals surface area (Å²) in [6, 6.07) is 0. The molecule has 7 heteroatoms. The molecule has 0 spiro atoms. The zero-order chi connectivity index (χ0) is 23.6. The van der Waals surface area contributed by atoms with Crippen LogP contribution in [0.3, 0.4) is 0 Å². The summed E-state index contributed by atoms with van der Waals surface area (Å²) in [5, 5.41) is 41.7. The third-order valence-electron chi connectivity index (χ3n) is 4.71. The maximum Gasteiger partial charge on any atom is 0.305 e. The molecule has 0 rings (SSSR count). The van der Waals surface area contributed by atoms with E-state index in [4.69, 9.17) is 30.3 Å². The van der Waals surface area contributed by atoms with E-state index in [0.717, 1.165) is 25.7 Å². The lowest BCUT2D eigenvalue weighted by atomic mass is 10.1. The lowest BCUT2D eigenvalue weighted by Crippen LogP contribution is -2.21. The van der Waals surface area contributed by atoms with Gasteiger partial charge in [0.15, 0.2) is 0 Å². The summed E-state index contributed by atoms with van der Waals surface area (Å²) in [4.78, 5) is 11.4. The van der Waals surface area contributed by atoms with Gasteiger partial charge in [-0.05, 0) is 32.1 Å². The standard InChI is InChI=1S/C21H40O4.C3H8O3/c1-2-3-4-5-6-7-8-9-10-11-12-13-14-15-16-17-21(24)25-19-20(23)18-22;4-1-3(6)2-5/h9-10,20,22-23H,2-8,11-19H2,1H3;3-6H,1-2H2/b10-9-;. The van der Waals surface area contributed by atoms with Crippen LogP contribution in [-0.2, 0) is 9.53 Å². The van der Waals surface area contributed by atoms with E-state index in [1.165, 1.54) is 57.8 Å². The highest BCUT2D eigenvalue weighted by Crippen LogP contribution is 2.10. The van der Waals surface area contributed by atoms with Gasteiger partial charge in [0, 0.05) is 6.42 Å². The Morgan fingerprint density at radius 3 is 1.61 bits per heavy atom. The molecule has 0 aliphatic rings. The molecule has 0 bridgehead atoms. The first-order chi connectivity index (χ1) is 15.0. The van der Waals surface area contributed by atoms with E-state index >= 15 is 0 Å². The molecule has 0 fully saturated rings. The first-order valence-electron chi connectivity index (χ1n) is 12.0. The highest BCUT2D eigenvalue weighted by atomic mass is 16.5. The molecule has 0 saturated carbocycles. The summed E-state index contributed by atoms with van der Waals surface area (Å²) in [5.74, 6) is -0.287. The smallest absolute Gasteiger partial charge is 0.305 e. The van der Waals surface area contributed by atoms with Gasteiger partial charge in [-0.2, -0.15) is 0 Å². The molecule has 1 unspecified atom stereocenters. The number of esters is 1. The Labute approximate surface area is 189 Å². The number of hydrogen-bond donors (Lipinski definition) is 5. The number of rotatable bonds is 20. The number of aliphatic hydroxyl groups is 5. The van der Waals surface area contributed by atoms with Crippen LogP contribution < -0.4 is 0 Å². The fraction of sp³-hybridized carbons (Fsp3) is 0.875. The summed E-state index contributed by atoms with van der Waals surface area (Å²) in [6.45, 7) is 1.04. The molecule has 7 nitrogen and oxygen atoms in total. The average Bonchev–Trinajstić information content (AvgIpc) is 2.79. The predicted molar refractivity (Wildman–Crippen MR) is 124 cm³/mol. The Balaban J connectivity index is 0. The molecule has 0 saturated heterocycles. The van der Waals surface area contributed by atoms with E-state index in [1.54, 1.807) is 0 Å². The van der Waals surface area contributed by atoms with Gasteiger partial charge in [-0.25, -0.2) is 0 Å². The molecule has 0 aromatic carbocycles. The van der Waals surface area contributed by atoms with Crippen LogP contribution in [0.2, 0.25) is 0 Å². The van der Waals surface area contributed by atoms with Gasteiger partial charge in [0.1, 0.15) is 18.8 Å². The van der Waals surface area contributed by atoms with Crippen molar-refractivity contribution in [3.63, 3.8) is 0 Å². The lowest BCUT2D eigenvalue weighted by Gasteiger charge is -2.08. The van der Waals surface area contributed by atoms with Gasteiger partial charge in [0.25, 0.3) is 0 Å². The van der Waals surface area contributed by atoms with Crippen LogP contribution >= 0.6 is 0 Å². The molecular weight excluding hydrogens is 400 g/mol. The number of aliphatic hydroxyl groups excluding tert-OH is 5. The normalized spacial score (nSPS) is 12.1. The summed E-state index contributed by atoms with van der Waals surface area (Å²) in [6.07, 6.45) is 19.1. The van der Waals surface area contributed by atoms with Gasteiger partial charge in [0.2, 0.25) is 0 Å². The van der Waals surface area contributed by atoms with Gasteiger partial charge < -0.3 is 30.3 Å². The van der Waals surface area contributed by atoms with Crippen molar-refractivity contribution < 1.29 is 35.1 Å². The monoisotopic (exact) mass is 448 g/mol. The first kappa shape index (κ1) is 32.2. The second kappa shape index (κ2) is 27.0. The number of allylic oxidation sites excluding steroid dienone is 2. The molecule has 0 aliphatic heterocycles. The molecule has 31 heavy (non-hydrogen) atoms. The first-order valence-corrected chi connectivity index (χ1v) is 12.0. The third kappa shape index (κ3) is 29.0. The molecule has 0 aromatic heterocycles. The number of unbranched alkanes of at least 4 members (excludes halogenated alkanes) is 11. The van der Waals surface area contributed by atoms with Crippen molar-refractivity contribution in [3.8, 4) is 0 Å². The van der Waals surface area contributed by atoms with Crippen LogP contribution in [0.25, 0.3) is 0 Å². The average molecular weight is 449 g/mol. The second-order valence-electron chi connectivity index (χ2n) is 7.87. The van der Waals surface area contributed by atoms with E-state index < -0.39 is 12.2 Å². The van der Waals surface area contributed by atoms with E-state index in [0.29, 0.717) is 6.42 Å². The van der Waals surface area contributed by atoms with Crippen molar-refractivity contribution in [3.05, 3.63) is 12.2 Å². The SMILES string of the molecule is CCCCCCCC/C=C\CCCCCCCC(=O)OCC(O)CO.OCC(O)CO. The van der Waals surface area contributed by atoms with Gasteiger partial charge >= 0.3 is 5.97 Å². The van der Waals surface area contributed by atoms with E-state index in [2.05, 4.69) is 19.1 Å². The quantitative estimate of drug-likeness (QED) is 0.110. The van der Waals surface area contributed by atoms with Crippen LogP contribution in [0.5, 0.6) is 0 Å². The zero-order valence-electron chi connectivity index (χ0n) is 19.6. The van der Waals surface area contributed by atoms with Crippen molar-refractivity contribution in [1.82, 2.24) is 0 Å². The number of hydrogen-bond acceptors (Lipinski definition) is 7. The molecule has 1 atom stereocenters. The molecule has 0 radical (unpaired) electrons. The van der Waals surface area contributed by atoms with Crippen LogP contribution in [0.15, 0.2) is 12.2 Å². The highest BCUT2D eigenvalue weighted by molar-refractivity contribution is 5.69. The maximum absolute atomic E-state index is 11.4. The summed E-state index contributed by atoms with van der Waals surface area (Å²) < 4.78 is 4.86. The zero-order valence-corrected chi connectivity index (χ0v) is 19.6. The van der Waals surface area contributed by atoms with Crippen LogP contribution in [-0.4, -0.2) is 70.1 Å². The second-order valence-corrected chi connectivity index (χ2v) is 7.87.